The number of rotatable bonds is 7. The minimum Gasteiger partial charge on any atom is -0.312 e. The lowest BCUT2D eigenvalue weighted by Gasteiger charge is -2.23. The standard InChI is InChI=1S/C11H24N2/c1-5-7-8-12-9-10-13(4)11(3)6-2/h5,7,11-12H,6,8-10H2,1-4H3/b7-5+. The summed E-state index contributed by atoms with van der Waals surface area (Å²) >= 11 is 0. The first-order valence-corrected chi connectivity index (χ1v) is 5.24. The molecule has 0 aromatic carbocycles. The highest BCUT2D eigenvalue weighted by atomic mass is 15.1. The molecule has 13 heavy (non-hydrogen) atoms. The van der Waals surface area contributed by atoms with Crippen LogP contribution in [0.4, 0.5) is 0 Å². The molecule has 0 aliphatic heterocycles. The van der Waals surface area contributed by atoms with Crippen molar-refractivity contribution in [2.45, 2.75) is 33.2 Å². The van der Waals surface area contributed by atoms with Crippen LogP contribution in [0.15, 0.2) is 12.2 Å². The number of nitrogens with one attached hydrogen (secondary N) is 1. The molecule has 1 N–H and O–H groups in total. The van der Waals surface area contributed by atoms with Crippen molar-refractivity contribution >= 4 is 0 Å². The van der Waals surface area contributed by atoms with Crippen molar-refractivity contribution in [1.82, 2.24) is 10.2 Å². The molecule has 0 aliphatic rings. The van der Waals surface area contributed by atoms with Crippen molar-refractivity contribution in [3.05, 3.63) is 12.2 Å². The molecule has 0 saturated heterocycles. The molecule has 0 rings (SSSR count). The van der Waals surface area contributed by atoms with E-state index in [0.717, 1.165) is 19.6 Å². The van der Waals surface area contributed by atoms with Crippen molar-refractivity contribution in [1.29, 1.82) is 0 Å². The van der Waals surface area contributed by atoms with Crippen LogP contribution in [-0.2, 0) is 0 Å². The van der Waals surface area contributed by atoms with Gasteiger partial charge in [-0.3, -0.25) is 0 Å². The van der Waals surface area contributed by atoms with Gasteiger partial charge < -0.3 is 10.2 Å². The Balaban J connectivity index is 3.31. The normalized spacial score (nSPS) is 14.2. The van der Waals surface area contributed by atoms with Gasteiger partial charge in [0.1, 0.15) is 0 Å². The third kappa shape index (κ3) is 6.79. The molecular weight excluding hydrogens is 160 g/mol. The number of hydrogen-bond donors (Lipinski definition) is 1. The number of nitrogens with zero attached hydrogens (tertiary/aromatic N) is 1. The Hall–Kier alpha value is -0.340. The van der Waals surface area contributed by atoms with E-state index in [4.69, 9.17) is 0 Å². The van der Waals surface area contributed by atoms with Gasteiger partial charge in [-0.15, -0.1) is 0 Å². The summed E-state index contributed by atoms with van der Waals surface area (Å²) in [7, 11) is 2.19. The fraction of sp³-hybridized carbons (Fsp3) is 0.818. The van der Waals surface area contributed by atoms with Gasteiger partial charge in [0.15, 0.2) is 0 Å². The Bertz CT molecular complexity index is 132. The zero-order valence-corrected chi connectivity index (χ0v) is 9.51. The van der Waals surface area contributed by atoms with Crippen LogP contribution < -0.4 is 5.32 Å². The molecule has 1 unspecified atom stereocenters. The van der Waals surface area contributed by atoms with E-state index in [1.165, 1.54) is 6.42 Å². The van der Waals surface area contributed by atoms with Gasteiger partial charge in [0.2, 0.25) is 0 Å². The molecule has 0 heterocycles. The number of likely N-dealkylation sites (N-methyl/N-ethyl adjacent to an activating group) is 1. The maximum absolute atomic E-state index is 3.37. The Morgan fingerprint density at radius 1 is 1.46 bits per heavy atom. The van der Waals surface area contributed by atoms with E-state index in [1.54, 1.807) is 0 Å². The molecule has 2 heteroatoms. The average molecular weight is 184 g/mol. The van der Waals surface area contributed by atoms with Gasteiger partial charge in [0, 0.05) is 25.7 Å². The fourth-order valence-corrected chi connectivity index (χ4v) is 1.09. The largest absolute Gasteiger partial charge is 0.312 e. The van der Waals surface area contributed by atoms with Crippen LogP contribution in [0.2, 0.25) is 0 Å². The second-order valence-corrected chi connectivity index (χ2v) is 3.51. The Kier molecular flexibility index (Phi) is 8.05. The van der Waals surface area contributed by atoms with E-state index in [-0.39, 0.29) is 0 Å². The SMILES string of the molecule is C/C=C/CNCCN(C)C(C)CC. The summed E-state index contributed by atoms with van der Waals surface area (Å²) in [5.74, 6) is 0. The van der Waals surface area contributed by atoms with E-state index in [9.17, 15) is 0 Å². The van der Waals surface area contributed by atoms with Crippen LogP contribution in [0.3, 0.4) is 0 Å². The average Bonchev–Trinajstić information content (AvgIpc) is 2.16. The van der Waals surface area contributed by atoms with Crippen molar-refractivity contribution in [3.63, 3.8) is 0 Å². The molecule has 0 aromatic heterocycles. The Morgan fingerprint density at radius 2 is 2.15 bits per heavy atom. The first-order valence-electron chi connectivity index (χ1n) is 5.24. The topological polar surface area (TPSA) is 15.3 Å². The van der Waals surface area contributed by atoms with Gasteiger partial charge in [-0.2, -0.15) is 0 Å². The zero-order valence-electron chi connectivity index (χ0n) is 9.51. The van der Waals surface area contributed by atoms with Gasteiger partial charge in [-0.25, -0.2) is 0 Å². The maximum Gasteiger partial charge on any atom is 0.0135 e. The summed E-state index contributed by atoms with van der Waals surface area (Å²) in [5.41, 5.74) is 0. The second kappa shape index (κ2) is 8.27. The van der Waals surface area contributed by atoms with Crippen molar-refractivity contribution in [2.24, 2.45) is 0 Å². The molecule has 0 aliphatic carbocycles. The Morgan fingerprint density at radius 3 is 2.69 bits per heavy atom. The predicted molar refractivity (Wildman–Crippen MR) is 60.1 cm³/mol. The summed E-state index contributed by atoms with van der Waals surface area (Å²) in [4.78, 5) is 2.39. The molecule has 1 atom stereocenters. The first kappa shape index (κ1) is 12.7. The van der Waals surface area contributed by atoms with E-state index in [2.05, 4.69) is 43.3 Å². The van der Waals surface area contributed by atoms with Crippen LogP contribution in [0.5, 0.6) is 0 Å². The zero-order chi connectivity index (χ0) is 10.1. The molecule has 0 amide bonds. The summed E-state index contributed by atoms with van der Waals surface area (Å²) in [6, 6.07) is 0.698. The Labute approximate surface area is 83.0 Å². The lowest BCUT2D eigenvalue weighted by atomic mass is 10.2. The van der Waals surface area contributed by atoms with Crippen molar-refractivity contribution in [3.8, 4) is 0 Å². The summed E-state index contributed by atoms with van der Waals surface area (Å²) < 4.78 is 0. The molecule has 0 bridgehead atoms. The minimum absolute atomic E-state index is 0.698. The molecule has 2 nitrogen and oxygen atoms in total. The molecule has 0 fully saturated rings. The van der Waals surface area contributed by atoms with Crippen LogP contribution in [-0.4, -0.2) is 37.6 Å². The van der Waals surface area contributed by atoms with E-state index < -0.39 is 0 Å². The molecule has 78 valence electrons. The quantitative estimate of drug-likeness (QED) is 0.480. The van der Waals surface area contributed by atoms with Gasteiger partial charge in [-0.05, 0) is 27.3 Å². The van der Waals surface area contributed by atoms with Crippen LogP contribution in [0.25, 0.3) is 0 Å². The van der Waals surface area contributed by atoms with Gasteiger partial charge in [0.05, 0.1) is 0 Å². The molecule has 0 aromatic rings. The van der Waals surface area contributed by atoms with Gasteiger partial charge in [-0.1, -0.05) is 19.1 Å². The highest BCUT2D eigenvalue weighted by Gasteiger charge is 2.04. The lowest BCUT2D eigenvalue weighted by Crippen LogP contribution is -2.35. The fourth-order valence-electron chi connectivity index (χ4n) is 1.09. The third-order valence-corrected chi connectivity index (χ3v) is 2.48. The monoisotopic (exact) mass is 184 g/mol. The summed E-state index contributed by atoms with van der Waals surface area (Å²) in [6.45, 7) is 9.75. The number of allylic oxidation sites excluding steroid dienone is 1. The predicted octanol–water partition coefficient (Wildman–Crippen LogP) is 1.88. The van der Waals surface area contributed by atoms with Crippen LogP contribution in [0.1, 0.15) is 27.2 Å². The summed E-state index contributed by atoms with van der Waals surface area (Å²) in [6.07, 6.45) is 5.44. The van der Waals surface area contributed by atoms with Crippen LogP contribution in [0, 0.1) is 0 Å². The third-order valence-electron chi connectivity index (χ3n) is 2.48. The lowest BCUT2D eigenvalue weighted by molar-refractivity contribution is 0.253. The first-order chi connectivity index (χ1) is 6.22. The summed E-state index contributed by atoms with van der Waals surface area (Å²) in [5, 5.41) is 3.37. The second-order valence-electron chi connectivity index (χ2n) is 3.51. The highest BCUT2D eigenvalue weighted by molar-refractivity contribution is 4.79. The van der Waals surface area contributed by atoms with Gasteiger partial charge in [0.25, 0.3) is 0 Å². The maximum atomic E-state index is 3.37. The molecule has 0 saturated carbocycles. The van der Waals surface area contributed by atoms with E-state index >= 15 is 0 Å². The minimum atomic E-state index is 0.698. The van der Waals surface area contributed by atoms with Gasteiger partial charge >= 0.3 is 0 Å². The molecule has 0 radical (unpaired) electrons. The van der Waals surface area contributed by atoms with Crippen molar-refractivity contribution < 1.29 is 0 Å². The molecular formula is C11H24N2. The molecule has 0 spiro atoms. The smallest absolute Gasteiger partial charge is 0.0135 e. The number of hydrogen-bond acceptors (Lipinski definition) is 2. The van der Waals surface area contributed by atoms with Crippen LogP contribution >= 0.6 is 0 Å². The van der Waals surface area contributed by atoms with Crippen molar-refractivity contribution in [2.75, 3.05) is 26.7 Å². The highest BCUT2D eigenvalue weighted by Crippen LogP contribution is 1.97. The van der Waals surface area contributed by atoms with E-state index in [1.807, 2.05) is 6.92 Å². The van der Waals surface area contributed by atoms with E-state index in [0.29, 0.717) is 6.04 Å².